The lowest BCUT2D eigenvalue weighted by molar-refractivity contribution is 0.404. The SMILES string of the molecule is C/C(O)=C(/N)C/C=C\CF. The summed E-state index contributed by atoms with van der Waals surface area (Å²) in [6.45, 7) is 1.01. The molecule has 0 aromatic rings. The zero-order valence-corrected chi connectivity index (χ0v) is 5.97. The Labute approximate surface area is 59.8 Å². The number of rotatable bonds is 3. The van der Waals surface area contributed by atoms with Crippen molar-refractivity contribution in [3.8, 4) is 0 Å². The maximum absolute atomic E-state index is 11.4. The summed E-state index contributed by atoms with van der Waals surface area (Å²) >= 11 is 0. The molecule has 3 heteroatoms. The second kappa shape index (κ2) is 4.85. The van der Waals surface area contributed by atoms with E-state index in [1.54, 1.807) is 6.08 Å². The molecule has 0 aromatic carbocycles. The van der Waals surface area contributed by atoms with Crippen molar-refractivity contribution in [2.24, 2.45) is 5.73 Å². The normalized spacial score (nSPS) is 13.8. The zero-order valence-electron chi connectivity index (χ0n) is 5.97. The number of aliphatic hydroxyl groups is 1. The lowest BCUT2D eigenvalue weighted by Crippen LogP contribution is -1.98. The molecule has 0 spiro atoms. The number of hydrogen-bond donors (Lipinski definition) is 2. The van der Waals surface area contributed by atoms with Crippen molar-refractivity contribution in [1.82, 2.24) is 0 Å². The molecule has 0 bridgehead atoms. The van der Waals surface area contributed by atoms with Crippen molar-refractivity contribution in [2.75, 3.05) is 6.67 Å². The van der Waals surface area contributed by atoms with Crippen LogP contribution >= 0.6 is 0 Å². The maximum Gasteiger partial charge on any atom is 0.108 e. The van der Waals surface area contributed by atoms with Crippen molar-refractivity contribution in [2.45, 2.75) is 13.3 Å². The number of hydrogen-bond acceptors (Lipinski definition) is 2. The summed E-state index contributed by atoms with van der Waals surface area (Å²) in [5, 5.41) is 8.75. The Morgan fingerprint density at radius 1 is 1.60 bits per heavy atom. The van der Waals surface area contributed by atoms with E-state index in [4.69, 9.17) is 10.8 Å². The average molecular weight is 145 g/mol. The second-order valence-electron chi connectivity index (χ2n) is 1.94. The van der Waals surface area contributed by atoms with Crippen LogP contribution in [0.25, 0.3) is 0 Å². The van der Waals surface area contributed by atoms with Crippen LogP contribution < -0.4 is 5.73 Å². The van der Waals surface area contributed by atoms with Gasteiger partial charge in [0.1, 0.15) is 12.4 Å². The van der Waals surface area contributed by atoms with Crippen LogP contribution in [0, 0.1) is 0 Å². The van der Waals surface area contributed by atoms with Gasteiger partial charge in [-0.2, -0.15) is 0 Å². The highest BCUT2D eigenvalue weighted by Gasteiger charge is 1.90. The van der Waals surface area contributed by atoms with Gasteiger partial charge in [-0.25, -0.2) is 4.39 Å². The molecule has 2 nitrogen and oxygen atoms in total. The molecule has 0 rings (SSSR count). The van der Waals surface area contributed by atoms with Crippen molar-refractivity contribution >= 4 is 0 Å². The summed E-state index contributed by atoms with van der Waals surface area (Å²) in [5.74, 6) is 0.100. The summed E-state index contributed by atoms with van der Waals surface area (Å²) in [7, 11) is 0. The number of aliphatic hydroxyl groups excluding tert-OH is 1. The number of alkyl halides is 1. The largest absolute Gasteiger partial charge is 0.511 e. The van der Waals surface area contributed by atoms with Gasteiger partial charge in [-0.3, -0.25) is 0 Å². The molecule has 0 atom stereocenters. The fourth-order valence-corrected chi connectivity index (χ4v) is 0.421. The van der Waals surface area contributed by atoms with Gasteiger partial charge >= 0.3 is 0 Å². The molecular weight excluding hydrogens is 133 g/mol. The van der Waals surface area contributed by atoms with Crippen molar-refractivity contribution in [3.63, 3.8) is 0 Å². The van der Waals surface area contributed by atoms with Gasteiger partial charge in [-0.05, 0) is 6.92 Å². The van der Waals surface area contributed by atoms with Crippen LogP contribution in [0.4, 0.5) is 4.39 Å². The Balaban J connectivity index is 3.70. The smallest absolute Gasteiger partial charge is 0.108 e. The van der Waals surface area contributed by atoms with Crippen LogP contribution in [0.15, 0.2) is 23.6 Å². The first-order chi connectivity index (χ1) is 4.68. The van der Waals surface area contributed by atoms with Gasteiger partial charge in [0.25, 0.3) is 0 Å². The molecule has 0 aliphatic carbocycles. The van der Waals surface area contributed by atoms with Gasteiger partial charge in [0, 0.05) is 12.1 Å². The van der Waals surface area contributed by atoms with Crippen molar-refractivity contribution in [1.29, 1.82) is 0 Å². The minimum atomic E-state index is -0.488. The molecule has 0 fully saturated rings. The van der Waals surface area contributed by atoms with Gasteiger partial charge < -0.3 is 10.8 Å². The summed E-state index contributed by atoms with van der Waals surface area (Å²) in [5.41, 5.74) is 5.69. The van der Waals surface area contributed by atoms with Crippen LogP contribution in [0.1, 0.15) is 13.3 Å². The molecular formula is C7H12FNO. The van der Waals surface area contributed by atoms with Gasteiger partial charge in [0.2, 0.25) is 0 Å². The number of allylic oxidation sites excluding steroid dienone is 3. The minimum Gasteiger partial charge on any atom is -0.511 e. The average Bonchev–Trinajstić information content (AvgIpc) is 1.88. The Morgan fingerprint density at radius 2 is 2.20 bits per heavy atom. The van der Waals surface area contributed by atoms with Gasteiger partial charge in [0.05, 0.1) is 0 Å². The van der Waals surface area contributed by atoms with Crippen LogP contribution in [-0.2, 0) is 0 Å². The fourth-order valence-electron chi connectivity index (χ4n) is 0.421. The van der Waals surface area contributed by atoms with E-state index in [0.29, 0.717) is 12.1 Å². The fraction of sp³-hybridized carbons (Fsp3) is 0.429. The Hall–Kier alpha value is -0.990. The van der Waals surface area contributed by atoms with Crippen LogP contribution in [0.5, 0.6) is 0 Å². The summed E-state index contributed by atoms with van der Waals surface area (Å²) in [6.07, 6.45) is 3.34. The molecule has 3 N–H and O–H groups in total. The molecule has 58 valence electrons. The first kappa shape index (κ1) is 9.01. The highest BCUT2D eigenvalue weighted by Crippen LogP contribution is 1.98. The molecule has 0 saturated heterocycles. The molecule has 10 heavy (non-hydrogen) atoms. The third-order valence-electron chi connectivity index (χ3n) is 1.06. The van der Waals surface area contributed by atoms with Crippen LogP contribution in [-0.4, -0.2) is 11.8 Å². The van der Waals surface area contributed by atoms with E-state index in [2.05, 4.69) is 0 Å². The molecule has 0 aromatic heterocycles. The van der Waals surface area contributed by atoms with E-state index in [1.807, 2.05) is 0 Å². The third kappa shape index (κ3) is 3.95. The monoisotopic (exact) mass is 145 g/mol. The maximum atomic E-state index is 11.4. The first-order valence-electron chi connectivity index (χ1n) is 3.03. The molecule has 0 aliphatic heterocycles. The van der Waals surface area contributed by atoms with E-state index in [-0.39, 0.29) is 5.76 Å². The van der Waals surface area contributed by atoms with Crippen LogP contribution in [0.2, 0.25) is 0 Å². The van der Waals surface area contributed by atoms with Crippen molar-refractivity contribution < 1.29 is 9.50 Å². The van der Waals surface area contributed by atoms with E-state index in [0.717, 1.165) is 0 Å². The van der Waals surface area contributed by atoms with Crippen LogP contribution in [0.3, 0.4) is 0 Å². The third-order valence-corrected chi connectivity index (χ3v) is 1.06. The summed E-state index contributed by atoms with van der Waals surface area (Å²) in [4.78, 5) is 0. The highest BCUT2D eigenvalue weighted by molar-refractivity contribution is 5.05. The molecule has 0 unspecified atom stereocenters. The van der Waals surface area contributed by atoms with Gasteiger partial charge in [-0.1, -0.05) is 12.2 Å². The van der Waals surface area contributed by atoms with E-state index in [1.165, 1.54) is 13.0 Å². The summed E-state index contributed by atoms with van der Waals surface area (Å²) in [6, 6.07) is 0. The Kier molecular flexibility index (Phi) is 4.37. The van der Waals surface area contributed by atoms with Gasteiger partial charge in [0.15, 0.2) is 0 Å². The number of halogens is 1. The lowest BCUT2D eigenvalue weighted by atomic mass is 10.3. The van der Waals surface area contributed by atoms with E-state index < -0.39 is 6.67 Å². The first-order valence-corrected chi connectivity index (χ1v) is 3.03. The van der Waals surface area contributed by atoms with E-state index >= 15 is 0 Å². The lowest BCUT2D eigenvalue weighted by Gasteiger charge is -1.95. The van der Waals surface area contributed by atoms with E-state index in [9.17, 15) is 4.39 Å². The van der Waals surface area contributed by atoms with Gasteiger partial charge in [-0.15, -0.1) is 0 Å². The highest BCUT2D eigenvalue weighted by atomic mass is 19.1. The molecule has 0 amide bonds. The molecule has 0 saturated carbocycles. The minimum absolute atomic E-state index is 0.100. The standard InChI is InChI=1S/C7H12FNO/c1-6(10)7(9)4-2-3-5-8/h2-3,10H,4-5,9H2,1H3/b3-2-,7-6-. The predicted molar refractivity (Wildman–Crippen MR) is 39.2 cm³/mol. The van der Waals surface area contributed by atoms with Crippen molar-refractivity contribution in [3.05, 3.63) is 23.6 Å². The zero-order chi connectivity index (χ0) is 7.98. The topological polar surface area (TPSA) is 46.2 Å². The molecule has 0 radical (unpaired) electrons. The number of nitrogens with two attached hydrogens (primary N) is 1. The predicted octanol–water partition coefficient (Wildman–Crippen LogP) is 1.65. The summed E-state index contributed by atoms with van der Waals surface area (Å²) < 4.78 is 11.4. The second-order valence-corrected chi connectivity index (χ2v) is 1.94. The molecule has 0 aliphatic rings. The Bertz CT molecular complexity index is 148. The molecule has 0 heterocycles. The Morgan fingerprint density at radius 3 is 2.60 bits per heavy atom. The quantitative estimate of drug-likeness (QED) is 0.468.